The fourth-order valence-electron chi connectivity index (χ4n) is 5.88. The minimum Gasteiger partial charge on any atom is -0.375 e. The second kappa shape index (κ2) is 7.96. The lowest BCUT2D eigenvalue weighted by Crippen LogP contribution is -2.52. The van der Waals surface area contributed by atoms with Crippen LogP contribution < -0.4 is 5.32 Å². The lowest BCUT2D eigenvalue weighted by molar-refractivity contribution is -0.119. The van der Waals surface area contributed by atoms with E-state index >= 15 is 0 Å². The molecule has 1 spiro atoms. The van der Waals surface area contributed by atoms with Crippen molar-refractivity contribution in [3.8, 4) is 0 Å². The molecule has 7 nitrogen and oxygen atoms in total. The van der Waals surface area contributed by atoms with Gasteiger partial charge in [-0.1, -0.05) is 6.42 Å². The number of aryl methyl sites for hydroxylation is 1. The van der Waals surface area contributed by atoms with Crippen LogP contribution >= 0.6 is 0 Å². The minimum absolute atomic E-state index is 0.0216. The van der Waals surface area contributed by atoms with Crippen LogP contribution in [0.5, 0.6) is 0 Å². The van der Waals surface area contributed by atoms with Gasteiger partial charge in [-0.05, 0) is 69.4 Å². The molecule has 2 aliphatic heterocycles. The average Bonchev–Trinajstić information content (AvgIpc) is 3.24. The Morgan fingerprint density at radius 1 is 1.23 bits per heavy atom. The Morgan fingerprint density at radius 3 is 2.68 bits per heavy atom. The second-order valence-corrected chi connectivity index (χ2v) is 12.3. The first-order valence-electron chi connectivity index (χ1n) is 11.5. The molecular weight excluding hydrogens is 414 g/mol. The van der Waals surface area contributed by atoms with Crippen molar-refractivity contribution in [1.29, 1.82) is 0 Å². The highest BCUT2D eigenvalue weighted by atomic mass is 32.2. The van der Waals surface area contributed by atoms with Crippen molar-refractivity contribution in [3.63, 3.8) is 0 Å². The molecule has 3 heterocycles. The molecule has 31 heavy (non-hydrogen) atoms. The lowest BCUT2D eigenvalue weighted by atomic mass is 9.85. The molecule has 3 unspecified atom stereocenters. The van der Waals surface area contributed by atoms with E-state index in [-0.39, 0.29) is 29.4 Å². The zero-order valence-electron chi connectivity index (χ0n) is 18.0. The number of rotatable bonds is 3. The summed E-state index contributed by atoms with van der Waals surface area (Å²) in [5.74, 6) is 1.66. The number of pyridine rings is 1. The molecule has 168 valence electrons. The van der Waals surface area contributed by atoms with Crippen LogP contribution in [0, 0.1) is 24.7 Å². The van der Waals surface area contributed by atoms with Gasteiger partial charge in [0, 0.05) is 47.5 Å². The summed E-state index contributed by atoms with van der Waals surface area (Å²) in [6.45, 7) is 2.44. The first-order chi connectivity index (χ1) is 14.9. The minimum atomic E-state index is -2.49. The Kier molecular flexibility index (Phi) is 5.41. The van der Waals surface area contributed by atoms with E-state index in [2.05, 4.69) is 14.7 Å². The van der Waals surface area contributed by atoms with Crippen LogP contribution in [-0.2, 0) is 19.3 Å². The maximum absolute atomic E-state index is 13.3. The first-order valence-corrected chi connectivity index (χ1v) is 13.4. The standard InChI is InChI=1S/C23H31N3O4S/c1-15-13-16(5-9-24-15)21(27)25-17-6-10-30-23(14-17)7-11-31(29,12-8-23)26-22(28)20-18-3-2-4-19(18)20/h5,9,13,17-20H,2-4,6-8,10-12,14H2,1H3,(H,25,27). The van der Waals surface area contributed by atoms with Crippen LogP contribution in [0.3, 0.4) is 0 Å². The van der Waals surface area contributed by atoms with E-state index in [0.29, 0.717) is 54.8 Å². The van der Waals surface area contributed by atoms with Gasteiger partial charge in [-0.3, -0.25) is 14.6 Å². The number of carbonyl (C=O) groups excluding carboxylic acids is 2. The molecule has 1 aromatic rings. The SMILES string of the molecule is Cc1cc(C(=O)NC2CCOC3(CCS(=O)(=NC(=O)C4C5CCCC54)CC3)C2)ccn1. The quantitative estimate of drug-likeness (QED) is 0.772. The van der Waals surface area contributed by atoms with Crippen LogP contribution in [0.2, 0.25) is 0 Å². The van der Waals surface area contributed by atoms with Crippen molar-refractivity contribution in [2.45, 2.75) is 63.5 Å². The van der Waals surface area contributed by atoms with E-state index in [1.165, 1.54) is 6.42 Å². The molecule has 4 fully saturated rings. The van der Waals surface area contributed by atoms with E-state index in [0.717, 1.165) is 25.0 Å². The maximum atomic E-state index is 13.3. The lowest BCUT2D eigenvalue weighted by Gasteiger charge is -2.44. The van der Waals surface area contributed by atoms with Gasteiger partial charge in [0.2, 0.25) is 0 Å². The molecule has 2 saturated heterocycles. The fourth-order valence-corrected chi connectivity index (χ4v) is 8.10. The molecule has 2 saturated carbocycles. The number of ether oxygens (including phenoxy) is 1. The number of aromatic nitrogens is 1. The summed E-state index contributed by atoms with van der Waals surface area (Å²) in [7, 11) is -2.49. The van der Waals surface area contributed by atoms with Crippen molar-refractivity contribution in [1.82, 2.24) is 10.3 Å². The number of amides is 2. The molecule has 2 aliphatic carbocycles. The van der Waals surface area contributed by atoms with Gasteiger partial charge in [0.1, 0.15) is 0 Å². The summed E-state index contributed by atoms with van der Waals surface area (Å²) in [6.07, 6.45) is 7.84. The third kappa shape index (κ3) is 4.29. The maximum Gasteiger partial charge on any atom is 0.257 e. The van der Waals surface area contributed by atoms with E-state index in [1.807, 2.05) is 6.92 Å². The van der Waals surface area contributed by atoms with Crippen LogP contribution in [0.25, 0.3) is 0 Å². The van der Waals surface area contributed by atoms with E-state index in [9.17, 15) is 13.8 Å². The van der Waals surface area contributed by atoms with Gasteiger partial charge in [-0.15, -0.1) is 0 Å². The Bertz CT molecular complexity index is 992. The number of carbonyl (C=O) groups is 2. The van der Waals surface area contributed by atoms with Gasteiger partial charge < -0.3 is 10.1 Å². The molecule has 1 N–H and O–H groups in total. The first kappa shape index (κ1) is 21.1. The Labute approximate surface area is 183 Å². The number of hydrogen-bond acceptors (Lipinski definition) is 5. The van der Waals surface area contributed by atoms with Gasteiger partial charge in [-0.2, -0.15) is 4.36 Å². The summed E-state index contributed by atoms with van der Waals surface area (Å²) in [5, 5.41) is 3.14. The monoisotopic (exact) mass is 445 g/mol. The Hall–Kier alpha value is -1.80. The number of fused-ring (bicyclic) bond motifs is 1. The molecule has 0 radical (unpaired) electrons. The topological polar surface area (TPSA) is 97.7 Å². The zero-order valence-corrected chi connectivity index (χ0v) is 18.9. The summed E-state index contributed by atoms with van der Waals surface area (Å²) in [6, 6.07) is 3.53. The van der Waals surface area contributed by atoms with Crippen molar-refractivity contribution in [3.05, 3.63) is 29.6 Å². The molecule has 8 heteroatoms. The van der Waals surface area contributed by atoms with Crippen LogP contribution in [0.15, 0.2) is 22.7 Å². The summed E-state index contributed by atoms with van der Waals surface area (Å²) in [5.41, 5.74) is 1.05. The fraction of sp³-hybridized carbons (Fsp3) is 0.696. The predicted octanol–water partition coefficient (Wildman–Crippen LogP) is 2.87. The van der Waals surface area contributed by atoms with Crippen molar-refractivity contribution in [2.24, 2.45) is 22.1 Å². The van der Waals surface area contributed by atoms with Gasteiger partial charge in [-0.25, -0.2) is 4.21 Å². The van der Waals surface area contributed by atoms with Gasteiger partial charge in [0.15, 0.2) is 0 Å². The largest absolute Gasteiger partial charge is 0.375 e. The van der Waals surface area contributed by atoms with Crippen molar-refractivity contribution in [2.75, 3.05) is 18.1 Å². The summed E-state index contributed by atoms with van der Waals surface area (Å²) >= 11 is 0. The highest BCUT2D eigenvalue weighted by molar-refractivity contribution is 7.93. The van der Waals surface area contributed by atoms with Gasteiger partial charge in [0.25, 0.3) is 11.8 Å². The molecule has 5 rings (SSSR count). The molecule has 3 atom stereocenters. The number of nitrogens with one attached hydrogen (secondary N) is 1. The molecular formula is C23H31N3O4S. The van der Waals surface area contributed by atoms with Crippen molar-refractivity contribution < 1.29 is 18.5 Å². The van der Waals surface area contributed by atoms with E-state index in [4.69, 9.17) is 4.74 Å². The molecule has 4 aliphatic rings. The molecule has 0 bridgehead atoms. The summed E-state index contributed by atoms with van der Waals surface area (Å²) in [4.78, 5) is 29.3. The van der Waals surface area contributed by atoms with E-state index < -0.39 is 9.73 Å². The van der Waals surface area contributed by atoms with Gasteiger partial charge >= 0.3 is 0 Å². The van der Waals surface area contributed by atoms with Gasteiger partial charge in [0.05, 0.1) is 15.3 Å². The normalized spacial score (nSPS) is 39.0. The smallest absolute Gasteiger partial charge is 0.257 e. The average molecular weight is 446 g/mol. The molecule has 0 aromatic carbocycles. The Balaban J connectivity index is 1.20. The van der Waals surface area contributed by atoms with Crippen LogP contribution in [0.1, 0.15) is 61.0 Å². The van der Waals surface area contributed by atoms with E-state index in [1.54, 1.807) is 18.3 Å². The molecule has 1 aromatic heterocycles. The summed E-state index contributed by atoms with van der Waals surface area (Å²) < 4.78 is 23.7. The van der Waals surface area contributed by atoms with Crippen LogP contribution in [0.4, 0.5) is 0 Å². The highest BCUT2D eigenvalue weighted by Gasteiger charge is 2.57. The third-order valence-corrected chi connectivity index (χ3v) is 9.89. The second-order valence-electron chi connectivity index (χ2n) is 9.78. The van der Waals surface area contributed by atoms with Crippen molar-refractivity contribution >= 4 is 21.5 Å². The zero-order chi connectivity index (χ0) is 21.6. The highest BCUT2D eigenvalue weighted by Crippen LogP contribution is 2.58. The molecule has 2 amide bonds. The third-order valence-electron chi connectivity index (χ3n) is 7.69. The van der Waals surface area contributed by atoms with Crippen LogP contribution in [-0.4, -0.2) is 50.8 Å². The predicted molar refractivity (Wildman–Crippen MR) is 117 cm³/mol. The number of nitrogens with zero attached hydrogens (tertiary/aromatic N) is 2. The Morgan fingerprint density at radius 2 is 1.97 bits per heavy atom. The number of hydrogen-bond donors (Lipinski definition) is 1.